The quantitative estimate of drug-likeness (QED) is 0.714. The Morgan fingerprint density at radius 2 is 2.23 bits per heavy atom. The van der Waals surface area contributed by atoms with Crippen LogP contribution in [-0.4, -0.2) is 26.7 Å². The summed E-state index contributed by atoms with van der Waals surface area (Å²) in [7, 11) is 0. The van der Waals surface area contributed by atoms with Crippen LogP contribution in [0, 0.1) is 4.91 Å². The van der Waals surface area contributed by atoms with E-state index >= 15 is 0 Å². The van der Waals surface area contributed by atoms with Gasteiger partial charge in [-0.05, 0) is 6.07 Å². The largest absolute Gasteiger partial charge is 0.478 e. The molecule has 5 heteroatoms. The number of carboxylic acids is 1. The first-order chi connectivity index (χ1) is 6.02. The van der Waals surface area contributed by atoms with Crippen molar-refractivity contribution < 1.29 is 14.8 Å². The first kappa shape index (κ1) is 9.44. The van der Waals surface area contributed by atoms with Gasteiger partial charge in [0.05, 0.1) is 22.9 Å². The van der Waals surface area contributed by atoms with E-state index in [1.54, 1.807) is 13.8 Å². The number of nitrogens with zero attached hydrogens (tertiary/aromatic N) is 2. The fourth-order valence-electron chi connectivity index (χ4n) is 0.901. The van der Waals surface area contributed by atoms with Crippen molar-refractivity contribution in [3.63, 3.8) is 0 Å². The van der Waals surface area contributed by atoms with Gasteiger partial charge in [-0.15, -0.1) is 0 Å². The molecule has 0 saturated carbocycles. The molecule has 1 aromatic rings. The van der Waals surface area contributed by atoms with E-state index in [1.165, 1.54) is 23.1 Å². The normalized spacial score (nSPS) is 10.4. The monoisotopic (exact) mass is 183 g/mol. The molecule has 1 N–H and O–H groups in total. The highest BCUT2D eigenvalue weighted by Gasteiger charge is 2.18. The molecule has 1 rings (SSSR count). The van der Waals surface area contributed by atoms with Gasteiger partial charge in [-0.25, -0.2) is 4.79 Å². The number of hydrogen-bond acceptors (Lipinski definition) is 2. The van der Waals surface area contributed by atoms with E-state index < -0.39 is 5.97 Å². The number of aromatic carboxylic acids is 1. The SMILES string of the molecule is CC(C)[N+](=O)n1ccc(C(=O)O)c1. The third-order valence-corrected chi connectivity index (χ3v) is 1.59. The summed E-state index contributed by atoms with van der Waals surface area (Å²) in [4.78, 5) is 22.4. The summed E-state index contributed by atoms with van der Waals surface area (Å²) in [6, 6.07) is 1.17. The minimum atomic E-state index is -1.03. The molecule has 0 aromatic carbocycles. The summed E-state index contributed by atoms with van der Waals surface area (Å²) in [5.74, 6) is -1.03. The summed E-state index contributed by atoms with van der Waals surface area (Å²) in [6.07, 6.45) is 2.71. The number of nitroso groups, excluding NO2 is 1. The second-order valence-electron chi connectivity index (χ2n) is 2.98. The Bertz CT molecular complexity index is 341. The molecule has 0 aliphatic rings. The van der Waals surface area contributed by atoms with Gasteiger partial charge >= 0.3 is 5.97 Å². The lowest BCUT2D eigenvalue weighted by Gasteiger charge is -1.94. The molecule has 0 aliphatic heterocycles. The average molecular weight is 183 g/mol. The van der Waals surface area contributed by atoms with Gasteiger partial charge in [0.1, 0.15) is 4.87 Å². The second-order valence-corrected chi connectivity index (χ2v) is 2.98. The lowest BCUT2D eigenvalue weighted by molar-refractivity contribution is -0.632. The van der Waals surface area contributed by atoms with Gasteiger partial charge in [-0.3, -0.25) is 0 Å². The van der Waals surface area contributed by atoms with Crippen LogP contribution >= 0.6 is 0 Å². The van der Waals surface area contributed by atoms with Crippen LogP contribution in [0.5, 0.6) is 0 Å². The predicted octanol–water partition coefficient (Wildman–Crippen LogP) is 1.14. The fourth-order valence-corrected chi connectivity index (χ4v) is 0.901. The number of carboxylic acid groups (broad SMARTS) is 1. The molecule has 0 unspecified atom stereocenters. The Hall–Kier alpha value is -1.65. The highest BCUT2D eigenvalue weighted by atomic mass is 16.4. The molecule has 1 aromatic heterocycles. The molecule has 1 heterocycles. The molecule has 0 atom stereocenters. The molecule has 0 bridgehead atoms. The van der Waals surface area contributed by atoms with Crippen LogP contribution < -0.4 is 0 Å². The van der Waals surface area contributed by atoms with Crippen molar-refractivity contribution in [2.75, 3.05) is 0 Å². The molecule has 13 heavy (non-hydrogen) atoms. The first-order valence-electron chi connectivity index (χ1n) is 3.90. The van der Waals surface area contributed by atoms with Crippen LogP contribution in [0.4, 0.5) is 0 Å². The zero-order chi connectivity index (χ0) is 10.0. The van der Waals surface area contributed by atoms with Gasteiger partial charge < -0.3 is 5.11 Å². The van der Waals surface area contributed by atoms with Crippen molar-refractivity contribution >= 4 is 5.97 Å². The van der Waals surface area contributed by atoms with E-state index in [2.05, 4.69) is 0 Å². The zero-order valence-electron chi connectivity index (χ0n) is 7.47. The Morgan fingerprint density at radius 3 is 2.62 bits per heavy atom. The summed E-state index contributed by atoms with van der Waals surface area (Å²) in [5.41, 5.74) is 0.113. The minimum Gasteiger partial charge on any atom is -0.478 e. The highest BCUT2D eigenvalue weighted by molar-refractivity contribution is 5.87. The van der Waals surface area contributed by atoms with Crippen molar-refractivity contribution in [3.05, 3.63) is 28.9 Å². The molecule has 70 valence electrons. The van der Waals surface area contributed by atoms with Crippen LogP contribution in [0.1, 0.15) is 24.2 Å². The Morgan fingerprint density at radius 1 is 1.62 bits per heavy atom. The third kappa shape index (κ3) is 1.93. The number of hydrogen-bond donors (Lipinski definition) is 1. The van der Waals surface area contributed by atoms with Crippen molar-refractivity contribution in [1.29, 1.82) is 0 Å². The summed E-state index contributed by atoms with van der Waals surface area (Å²) in [5, 5.41) is 8.58. The maximum atomic E-state index is 11.3. The molecule has 0 fully saturated rings. The Kier molecular flexibility index (Phi) is 2.46. The lowest BCUT2D eigenvalue weighted by atomic mass is 10.4. The second kappa shape index (κ2) is 3.38. The average Bonchev–Trinajstić information content (AvgIpc) is 2.50. The van der Waals surface area contributed by atoms with E-state index in [4.69, 9.17) is 5.11 Å². The molecule has 0 aliphatic carbocycles. The topological polar surface area (TPSA) is 62.3 Å². The van der Waals surface area contributed by atoms with Gasteiger partial charge in [0, 0.05) is 13.8 Å². The molecule has 0 amide bonds. The fraction of sp³-hybridized carbons (Fsp3) is 0.375. The van der Waals surface area contributed by atoms with Crippen LogP contribution in [0.2, 0.25) is 0 Å². The number of rotatable bonds is 3. The van der Waals surface area contributed by atoms with Gasteiger partial charge in [-0.2, -0.15) is 0 Å². The van der Waals surface area contributed by atoms with E-state index in [9.17, 15) is 9.70 Å². The Balaban J connectivity index is 2.92. The molecular weight excluding hydrogens is 172 g/mol. The van der Waals surface area contributed by atoms with Crippen molar-refractivity contribution in [2.45, 2.75) is 19.9 Å². The molecule has 0 saturated heterocycles. The van der Waals surface area contributed by atoms with Crippen LogP contribution in [0.3, 0.4) is 0 Å². The maximum Gasteiger partial charge on any atom is 0.337 e. The molecule has 0 radical (unpaired) electrons. The summed E-state index contributed by atoms with van der Waals surface area (Å²) >= 11 is 0. The van der Waals surface area contributed by atoms with Crippen LogP contribution in [0.15, 0.2) is 18.5 Å². The summed E-state index contributed by atoms with van der Waals surface area (Å²) < 4.78 is 1.22. The van der Waals surface area contributed by atoms with Crippen molar-refractivity contribution in [1.82, 2.24) is 4.68 Å². The molecule has 0 spiro atoms. The lowest BCUT2D eigenvalue weighted by Crippen LogP contribution is -2.21. The molecule has 5 nitrogen and oxygen atoms in total. The van der Waals surface area contributed by atoms with Crippen LogP contribution in [0.25, 0.3) is 0 Å². The van der Waals surface area contributed by atoms with Crippen LogP contribution in [-0.2, 0) is 0 Å². The summed E-state index contributed by atoms with van der Waals surface area (Å²) in [6.45, 7) is 3.46. The Labute approximate surface area is 75.1 Å². The smallest absolute Gasteiger partial charge is 0.337 e. The standard InChI is InChI=1S/C8H10N2O3/c1-6(2)10(13)9-4-3-7(5-9)8(11)12/h3-6H,1-2H3/p+1. The highest BCUT2D eigenvalue weighted by Crippen LogP contribution is 2.02. The van der Waals surface area contributed by atoms with E-state index in [-0.39, 0.29) is 11.6 Å². The van der Waals surface area contributed by atoms with Gasteiger partial charge in [0.15, 0.2) is 0 Å². The van der Waals surface area contributed by atoms with E-state index in [1.807, 2.05) is 0 Å². The van der Waals surface area contributed by atoms with Gasteiger partial charge in [0.2, 0.25) is 6.04 Å². The maximum absolute atomic E-state index is 11.3. The zero-order valence-corrected chi connectivity index (χ0v) is 7.47. The predicted molar refractivity (Wildman–Crippen MR) is 45.6 cm³/mol. The first-order valence-corrected chi connectivity index (χ1v) is 3.90. The third-order valence-electron chi connectivity index (χ3n) is 1.59. The van der Waals surface area contributed by atoms with E-state index in [0.717, 1.165) is 0 Å². The number of aromatic nitrogens is 1. The van der Waals surface area contributed by atoms with Gasteiger partial charge in [-0.1, -0.05) is 4.68 Å². The van der Waals surface area contributed by atoms with Gasteiger partial charge in [0.25, 0.3) is 0 Å². The molecular formula is C8H11N2O3+. The van der Waals surface area contributed by atoms with Crippen molar-refractivity contribution in [2.24, 2.45) is 0 Å². The van der Waals surface area contributed by atoms with E-state index in [0.29, 0.717) is 4.87 Å². The minimum absolute atomic E-state index is 0.113. The van der Waals surface area contributed by atoms with Crippen molar-refractivity contribution in [3.8, 4) is 0 Å². The number of carbonyl (C=O) groups is 1.